The second-order valence-electron chi connectivity index (χ2n) is 4.54. The third kappa shape index (κ3) is 2.73. The lowest BCUT2D eigenvalue weighted by Crippen LogP contribution is -2.00. The van der Waals surface area contributed by atoms with Gasteiger partial charge in [-0.2, -0.15) is 5.10 Å². The molecule has 0 aliphatic rings. The van der Waals surface area contributed by atoms with E-state index in [1.165, 1.54) is 0 Å². The fourth-order valence-corrected chi connectivity index (χ4v) is 1.69. The number of hydrogen-bond acceptors (Lipinski definition) is 4. The van der Waals surface area contributed by atoms with Crippen LogP contribution in [0.4, 0.5) is 0 Å². The summed E-state index contributed by atoms with van der Waals surface area (Å²) in [5, 5.41) is 4.21. The summed E-state index contributed by atoms with van der Waals surface area (Å²) in [6, 6.07) is 2.26. The highest BCUT2D eigenvalue weighted by atomic mass is 16.5. The highest BCUT2D eigenvalue weighted by molar-refractivity contribution is 5.21. The zero-order chi connectivity index (χ0) is 13.1. The Morgan fingerprint density at radius 1 is 1.50 bits per heavy atom. The van der Waals surface area contributed by atoms with Crippen LogP contribution in [-0.4, -0.2) is 9.78 Å². The first-order chi connectivity index (χ1) is 8.60. The zero-order valence-electron chi connectivity index (χ0n) is 11.0. The van der Waals surface area contributed by atoms with Crippen LogP contribution in [0.25, 0.3) is 0 Å². The molecule has 0 aliphatic heterocycles. The van der Waals surface area contributed by atoms with Crippen LogP contribution in [0.15, 0.2) is 22.9 Å². The molecule has 0 saturated carbocycles. The minimum Gasteiger partial charge on any atom is -0.482 e. The fraction of sp³-hybridized carbons (Fsp3) is 0.462. The van der Waals surface area contributed by atoms with E-state index in [-0.39, 0.29) is 0 Å². The van der Waals surface area contributed by atoms with Gasteiger partial charge in [0.2, 0.25) is 0 Å². The first kappa shape index (κ1) is 12.7. The van der Waals surface area contributed by atoms with E-state index >= 15 is 0 Å². The number of hydrogen-bond donors (Lipinski definition) is 1. The second kappa shape index (κ2) is 5.27. The fourth-order valence-electron chi connectivity index (χ4n) is 1.69. The number of aromatic nitrogens is 2. The van der Waals surface area contributed by atoms with Gasteiger partial charge in [0.05, 0.1) is 12.4 Å². The van der Waals surface area contributed by atoms with Gasteiger partial charge in [0.15, 0.2) is 5.75 Å². The monoisotopic (exact) mass is 249 g/mol. The molecule has 2 heterocycles. The van der Waals surface area contributed by atoms with Gasteiger partial charge in [-0.05, 0) is 26.8 Å². The van der Waals surface area contributed by atoms with Crippen LogP contribution in [0, 0.1) is 6.92 Å². The molecule has 18 heavy (non-hydrogen) atoms. The van der Waals surface area contributed by atoms with Gasteiger partial charge in [-0.1, -0.05) is 0 Å². The van der Waals surface area contributed by atoms with E-state index in [0.29, 0.717) is 19.2 Å². The summed E-state index contributed by atoms with van der Waals surface area (Å²) in [5.41, 5.74) is 6.61. The maximum atomic E-state index is 5.62. The standard InChI is InChI=1S/C13H19N3O2/c1-9(2)16-7-13(6-15-16)17-8-12-4-11(5-14)10(3)18-12/h4,6-7,9H,5,8,14H2,1-3H3. The van der Waals surface area contributed by atoms with Crippen molar-refractivity contribution in [3.63, 3.8) is 0 Å². The maximum Gasteiger partial charge on any atom is 0.157 e. The molecule has 0 unspecified atom stereocenters. The normalized spacial score (nSPS) is 11.2. The van der Waals surface area contributed by atoms with Gasteiger partial charge in [0.25, 0.3) is 0 Å². The van der Waals surface area contributed by atoms with Crippen LogP contribution in [0.2, 0.25) is 0 Å². The van der Waals surface area contributed by atoms with Crippen LogP contribution in [0.1, 0.15) is 37.0 Å². The van der Waals surface area contributed by atoms with Crippen molar-refractivity contribution in [1.29, 1.82) is 0 Å². The third-order valence-electron chi connectivity index (χ3n) is 2.78. The highest BCUT2D eigenvalue weighted by Crippen LogP contribution is 2.18. The lowest BCUT2D eigenvalue weighted by Gasteiger charge is -2.03. The Morgan fingerprint density at radius 3 is 2.83 bits per heavy atom. The molecule has 0 bridgehead atoms. The van der Waals surface area contributed by atoms with Gasteiger partial charge < -0.3 is 14.9 Å². The Bertz CT molecular complexity index is 514. The van der Waals surface area contributed by atoms with Crippen molar-refractivity contribution in [2.75, 3.05) is 0 Å². The smallest absolute Gasteiger partial charge is 0.157 e. The van der Waals surface area contributed by atoms with E-state index in [0.717, 1.165) is 22.8 Å². The van der Waals surface area contributed by atoms with Gasteiger partial charge in [-0.15, -0.1) is 0 Å². The average Bonchev–Trinajstić information content (AvgIpc) is 2.92. The van der Waals surface area contributed by atoms with Crippen molar-refractivity contribution in [2.24, 2.45) is 5.73 Å². The lowest BCUT2D eigenvalue weighted by molar-refractivity contribution is 0.267. The van der Waals surface area contributed by atoms with E-state index in [1.54, 1.807) is 6.20 Å². The highest BCUT2D eigenvalue weighted by Gasteiger charge is 2.08. The minimum absolute atomic E-state index is 0.331. The number of furan rings is 1. The Balaban J connectivity index is 1.97. The molecule has 0 radical (unpaired) electrons. The van der Waals surface area contributed by atoms with Crippen molar-refractivity contribution in [1.82, 2.24) is 9.78 Å². The first-order valence-corrected chi connectivity index (χ1v) is 6.05. The molecule has 5 heteroatoms. The molecule has 2 N–H and O–H groups in total. The van der Waals surface area contributed by atoms with E-state index in [9.17, 15) is 0 Å². The Labute approximate surface area is 107 Å². The SMILES string of the molecule is Cc1oc(COc2cnn(C(C)C)c2)cc1CN. The van der Waals surface area contributed by atoms with E-state index < -0.39 is 0 Å². The molecular formula is C13H19N3O2. The average molecular weight is 249 g/mol. The van der Waals surface area contributed by atoms with Gasteiger partial charge in [-0.25, -0.2) is 0 Å². The number of ether oxygens (including phenoxy) is 1. The number of nitrogens with zero attached hydrogens (tertiary/aromatic N) is 2. The minimum atomic E-state index is 0.331. The molecule has 0 spiro atoms. The zero-order valence-corrected chi connectivity index (χ0v) is 11.0. The summed E-state index contributed by atoms with van der Waals surface area (Å²) in [7, 11) is 0. The summed E-state index contributed by atoms with van der Waals surface area (Å²) in [6.45, 7) is 6.92. The van der Waals surface area contributed by atoms with Crippen LogP contribution in [0.5, 0.6) is 5.75 Å². The molecule has 0 amide bonds. The van der Waals surface area contributed by atoms with Crippen molar-refractivity contribution in [2.45, 2.75) is 40.0 Å². The van der Waals surface area contributed by atoms with Gasteiger partial charge in [-0.3, -0.25) is 4.68 Å². The van der Waals surface area contributed by atoms with E-state index in [2.05, 4.69) is 18.9 Å². The molecule has 98 valence electrons. The van der Waals surface area contributed by atoms with E-state index in [1.807, 2.05) is 23.9 Å². The molecule has 2 rings (SSSR count). The Kier molecular flexibility index (Phi) is 3.72. The lowest BCUT2D eigenvalue weighted by atomic mass is 10.2. The van der Waals surface area contributed by atoms with Gasteiger partial charge in [0.1, 0.15) is 18.1 Å². The largest absolute Gasteiger partial charge is 0.482 e. The molecule has 0 atom stereocenters. The Hall–Kier alpha value is -1.75. The summed E-state index contributed by atoms with van der Waals surface area (Å²) >= 11 is 0. The van der Waals surface area contributed by atoms with Gasteiger partial charge >= 0.3 is 0 Å². The Morgan fingerprint density at radius 2 is 2.28 bits per heavy atom. The number of rotatable bonds is 5. The molecule has 5 nitrogen and oxygen atoms in total. The van der Waals surface area contributed by atoms with Crippen LogP contribution in [0.3, 0.4) is 0 Å². The third-order valence-corrected chi connectivity index (χ3v) is 2.78. The summed E-state index contributed by atoms with van der Waals surface area (Å²) in [4.78, 5) is 0. The van der Waals surface area contributed by atoms with Crippen molar-refractivity contribution >= 4 is 0 Å². The molecule has 2 aromatic rings. The molecule has 2 aromatic heterocycles. The molecule has 0 saturated heterocycles. The predicted octanol–water partition coefficient (Wildman–Crippen LogP) is 2.40. The molecular weight excluding hydrogens is 230 g/mol. The van der Waals surface area contributed by atoms with Crippen LogP contribution in [-0.2, 0) is 13.2 Å². The van der Waals surface area contributed by atoms with Crippen LogP contribution >= 0.6 is 0 Å². The van der Waals surface area contributed by atoms with Gasteiger partial charge in [0, 0.05) is 18.2 Å². The first-order valence-electron chi connectivity index (χ1n) is 6.05. The second-order valence-corrected chi connectivity index (χ2v) is 4.54. The molecule has 0 aliphatic carbocycles. The topological polar surface area (TPSA) is 66.2 Å². The maximum absolute atomic E-state index is 5.62. The van der Waals surface area contributed by atoms with Crippen molar-refractivity contribution in [3.8, 4) is 5.75 Å². The number of nitrogens with two attached hydrogens (primary N) is 1. The summed E-state index contributed by atoms with van der Waals surface area (Å²) in [5.74, 6) is 2.38. The van der Waals surface area contributed by atoms with Crippen molar-refractivity contribution in [3.05, 3.63) is 35.5 Å². The van der Waals surface area contributed by atoms with E-state index in [4.69, 9.17) is 14.9 Å². The van der Waals surface area contributed by atoms with Crippen molar-refractivity contribution < 1.29 is 9.15 Å². The van der Waals surface area contributed by atoms with Crippen LogP contribution < -0.4 is 10.5 Å². The predicted molar refractivity (Wildman–Crippen MR) is 68.3 cm³/mol. The summed E-state index contributed by atoms with van der Waals surface area (Å²) in [6.07, 6.45) is 3.59. The summed E-state index contributed by atoms with van der Waals surface area (Å²) < 4.78 is 13.0. The molecule has 0 aromatic carbocycles. The molecule has 0 fully saturated rings. The number of aryl methyl sites for hydroxylation is 1. The quantitative estimate of drug-likeness (QED) is 0.883.